The minimum Gasteiger partial charge on any atom is -0.383 e. The predicted molar refractivity (Wildman–Crippen MR) is 116 cm³/mol. The number of nitrogens with one attached hydrogen (secondary N) is 1. The lowest BCUT2D eigenvalue weighted by Gasteiger charge is -2.22. The second kappa shape index (κ2) is 10.7. The van der Waals surface area contributed by atoms with E-state index in [0.717, 1.165) is 54.0 Å². The van der Waals surface area contributed by atoms with Crippen LogP contribution in [0.2, 0.25) is 5.02 Å². The minimum atomic E-state index is -0.970. The third-order valence-electron chi connectivity index (χ3n) is 5.55. The number of nitrogens with zero attached hydrogens (tertiary/aromatic N) is 3. The van der Waals surface area contributed by atoms with Crippen molar-refractivity contribution in [2.24, 2.45) is 5.92 Å². The second-order valence-corrected chi connectivity index (χ2v) is 8.06. The van der Waals surface area contributed by atoms with Gasteiger partial charge in [0.15, 0.2) is 0 Å². The molecule has 1 aliphatic carbocycles. The van der Waals surface area contributed by atoms with Crippen LogP contribution in [0.3, 0.4) is 0 Å². The molecule has 1 aromatic heterocycles. The Morgan fingerprint density at radius 3 is 2.68 bits per heavy atom. The summed E-state index contributed by atoms with van der Waals surface area (Å²) in [6.07, 6.45) is 6.11. The highest BCUT2D eigenvalue weighted by molar-refractivity contribution is 6.33. The normalized spacial score (nSPS) is 16.0. The summed E-state index contributed by atoms with van der Waals surface area (Å²) in [5.41, 5.74) is -0.821. The van der Waals surface area contributed by atoms with Crippen molar-refractivity contribution >= 4 is 17.5 Å². The molecule has 1 fully saturated rings. The molecule has 0 spiro atoms. The number of aliphatic hydroxyl groups is 1. The van der Waals surface area contributed by atoms with E-state index >= 15 is 0 Å². The van der Waals surface area contributed by atoms with E-state index in [1.165, 1.54) is 25.3 Å². The Hall–Kier alpha value is -2.49. The number of benzene rings is 1. The van der Waals surface area contributed by atoms with Crippen LogP contribution in [-0.2, 0) is 11.3 Å². The molecular formula is C21H27ClN4O5. The molecule has 1 atom stereocenters. The zero-order valence-corrected chi connectivity index (χ0v) is 18.2. The highest BCUT2D eigenvalue weighted by Crippen LogP contribution is 2.25. The molecule has 2 aromatic rings. The Labute approximate surface area is 184 Å². The highest BCUT2D eigenvalue weighted by atomic mass is 35.5. The first-order valence-electron chi connectivity index (χ1n) is 10.4. The van der Waals surface area contributed by atoms with Crippen molar-refractivity contribution < 1.29 is 14.6 Å². The quantitative estimate of drug-likeness (QED) is 0.490. The maximum atomic E-state index is 12.8. The Kier molecular flexibility index (Phi) is 8.00. The van der Waals surface area contributed by atoms with E-state index in [1.807, 2.05) is 0 Å². The van der Waals surface area contributed by atoms with Crippen LogP contribution in [0, 0.1) is 5.92 Å². The van der Waals surface area contributed by atoms with Gasteiger partial charge in [-0.25, -0.2) is 4.79 Å². The first kappa shape index (κ1) is 23.2. The predicted octanol–water partition coefficient (Wildman–Crippen LogP) is 1.71. The summed E-state index contributed by atoms with van der Waals surface area (Å²) in [7, 11) is 1.47. The molecule has 2 N–H and O–H groups in total. The topological polar surface area (TPSA) is 115 Å². The first-order valence-corrected chi connectivity index (χ1v) is 10.8. The molecule has 1 aromatic carbocycles. The van der Waals surface area contributed by atoms with Crippen LogP contribution >= 0.6 is 11.6 Å². The average Bonchev–Trinajstić information content (AvgIpc) is 3.04. The van der Waals surface area contributed by atoms with Crippen molar-refractivity contribution in [2.75, 3.05) is 13.7 Å². The number of halogens is 1. The largest absolute Gasteiger partial charge is 0.383 e. The molecule has 168 valence electrons. The van der Waals surface area contributed by atoms with Gasteiger partial charge in [-0.2, -0.15) is 9.78 Å². The monoisotopic (exact) mass is 450 g/mol. The van der Waals surface area contributed by atoms with Crippen molar-refractivity contribution in [3.8, 4) is 5.69 Å². The molecule has 1 unspecified atom stereocenters. The summed E-state index contributed by atoms with van der Waals surface area (Å²) in [4.78, 5) is 37.5. The van der Waals surface area contributed by atoms with E-state index < -0.39 is 23.4 Å². The molecule has 0 bridgehead atoms. The van der Waals surface area contributed by atoms with E-state index in [-0.39, 0.29) is 35.3 Å². The molecule has 10 heteroatoms. The molecule has 9 nitrogen and oxygen atoms in total. The number of ether oxygens (including phenoxy) is 1. The van der Waals surface area contributed by atoms with Crippen LogP contribution in [0.25, 0.3) is 5.69 Å². The SMILES string of the molecule is COCCn1c(=O)cnn(-c2ccc(Cl)c(C(=O)NC(O)C3CCCCCC3)c2)c1=O. The van der Waals surface area contributed by atoms with Gasteiger partial charge in [0, 0.05) is 13.0 Å². The third kappa shape index (κ3) is 5.61. The number of amides is 1. The van der Waals surface area contributed by atoms with Crippen molar-refractivity contribution in [1.29, 1.82) is 0 Å². The summed E-state index contributed by atoms with van der Waals surface area (Å²) >= 11 is 6.22. The maximum Gasteiger partial charge on any atom is 0.352 e. The number of aromatic nitrogens is 3. The van der Waals surface area contributed by atoms with Crippen LogP contribution in [0.4, 0.5) is 0 Å². The minimum absolute atomic E-state index is 0.00188. The molecule has 1 heterocycles. The van der Waals surface area contributed by atoms with Crippen molar-refractivity contribution in [2.45, 2.75) is 51.3 Å². The molecule has 0 radical (unpaired) electrons. The van der Waals surface area contributed by atoms with E-state index in [9.17, 15) is 19.5 Å². The smallest absolute Gasteiger partial charge is 0.352 e. The number of hydrogen-bond donors (Lipinski definition) is 2. The van der Waals surface area contributed by atoms with Gasteiger partial charge in [0.25, 0.3) is 11.5 Å². The third-order valence-corrected chi connectivity index (χ3v) is 5.87. The van der Waals surface area contributed by atoms with Gasteiger partial charge >= 0.3 is 5.69 Å². The fourth-order valence-corrected chi connectivity index (χ4v) is 3.98. The van der Waals surface area contributed by atoms with Crippen LogP contribution in [0.1, 0.15) is 48.9 Å². The lowest BCUT2D eigenvalue weighted by atomic mass is 9.98. The van der Waals surface area contributed by atoms with Crippen LogP contribution in [0.5, 0.6) is 0 Å². The van der Waals surface area contributed by atoms with E-state index in [0.29, 0.717) is 0 Å². The van der Waals surface area contributed by atoms with Crippen LogP contribution < -0.4 is 16.6 Å². The van der Waals surface area contributed by atoms with Gasteiger partial charge in [-0.1, -0.05) is 37.3 Å². The van der Waals surface area contributed by atoms with Gasteiger partial charge in [0.05, 0.1) is 29.4 Å². The van der Waals surface area contributed by atoms with Crippen LogP contribution in [0.15, 0.2) is 34.0 Å². The van der Waals surface area contributed by atoms with Gasteiger partial charge in [-0.3, -0.25) is 14.2 Å². The lowest BCUT2D eigenvalue weighted by Crippen LogP contribution is -2.41. The standard InChI is InChI=1S/C21H27ClN4O5/c1-31-11-10-25-18(27)13-23-26(21(25)30)15-8-9-17(22)16(12-15)20(29)24-19(28)14-6-4-2-3-5-7-14/h8-9,12-14,19,28H,2-7,10-11H2,1H3,(H,24,29). The summed E-state index contributed by atoms with van der Waals surface area (Å²) in [6.45, 7) is 0.262. The Balaban J connectivity index is 1.86. The fourth-order valence-electron chi connectivity index (χ4n) is 3.78. The molecule has 3 rings (SSSR count). The number of carbonyl (C=O) groups excluding carboxylic acids is 1. The zero-order chi connectivity index (χ0) is 22.4. The van der Waals surface area contributed by atoms with Gasteiger partial charge in [-0.05, 0) is 31.0 Å². The summed E-state index contributed by atoms with van der Waals surface area (Å²) in [5, 5.41) is 17.2. The van der Waals surface area contributed by atoms with Gasteiger partial charge in [-0.15, -0.1) is 0 Å². The first-order chi connectivity index (χ1) is 14.9. The molecular weight excluding hydrogens is 424 g/mol. The fraction of sp³-hybridized carbons (Fsp3) is 0.524. The van der Waals surface area contributed by atoms with Crippen molar-refractivity contribution in [3.05, 3.63) is 55.8 Å². The molecule has 0 aliphatic heterocycles. The highest BCUT2D eigenvalue weighted by Gasteiger charge is 2.24. The number of rotatable bonds is 7. The number of methoxy groups -OCH3 is 1. The zero-order valence-electron chi connectivity index (χ0n) is 17.4. The molecule has 0 saturated heterocycles. The van der Waals surface area contributed by atoms with E-state index in [4.69, 9.17) is 16.3 Å². The molecule has 1 aliphatic rings. The lowest BCUT2D eigenvalue weighted by molar-refractivity contribution is 0.0532. The number of carbonyl (C=O) groups is 1. The van der Waals surface area contributed by atoms with Gasteiger partial charge in [0.2, 0.25) is 0 Å². The second-order valence-electron chi connectivity index (χ2n) is 7.66. The molecule has 1 amide bonds. The Morgan fingerprint density at radius 1 is 1.29 bits per heavy atom. The van der Waals surface area contributed by atoms with Gasteiger partial charge in [0.1, 0.15) is 12.4 Å². The number of hydrogen-bond acceptors (Lipinski definition) is 6. The summed E-state index contributed by atoms with van der Waals surface area (Å²) in [5.74, 6) is -0.536. The van der Waals surface area contributed by atoms with Crippen molar-refractivity contribution in [1.82, 2.24) is 19.7 Å². The van der Waals surface area contributed by atoms with E-state index in [2.05, 4.69) is 10.4 Å². The van der Waals surface area contributed by atoms with E-state index in [1.54, 1.807) is 0 Å². The van der Waals surface area contributed by atoms with Crippen molar-refractivity contribution in [3.63, 3.8) is 0 Å². The summed E-state index contributed by atoms with van der Waals surface area (Å²) in [6, 6.07) is 4.42. The maximum absolute atomic E-state index is 12.8. The Morgan fingerprint density at radius 2 is 2.00 bits per heavy atom. The molecule has 31 heavy (non-hydrogen) atoms. The Bertz CT molecular complexity index is 1030. The van der Waals surface area contributed by atoms with Gasteiger partial charge < -0.3 is 15.2 Å². The molecule has 1 saturated carbocycles. The summed E-state index contributed by atoms with van der Waals surface area (Å²) < 4.78 is 6.96. The average molecular weight is 451 g/mol. The number of aliphatic hydroxyl groups excluding tert-OH is 1. The van der Waals surface area contributed by atoms with Crippen LogP contribution in [-0.4, -0.2) is 45.3 Å².